The number of ether oxygens (including phenoxy) is 2. The average Bonchev–Trinajstić information content (AvgIpc) is 2.48. The molecule has 1 unspecified atom stereocenters. The molecule has 1 atom stereocenters. The van der Waals surface area contributed by atoms with Gasteiger partial charge in [-0.15, -0.1) is 0 Å². The molecule has 0 radical (unpaired) electrons. The summed E-state index contributed by atoms with van der Waals surface area (Å²) in [6, 6.07) is 4.44. The molecule has 0 aliphatic carbocycles. The number of aromatic hydroxyl groups is 1. The molecule has 118 valence electrons. The van der Waals surface area contributed by atoms with E-state index in [0.29, 0.717) is 28.7 Å². The van der Waals surface area contributed by atoms with Gasteiger partial charge in [-0.05, 0) is 43.8 Å². The predicted octanol–water partition coefficient (Wildman–Crippen LogP) is 1.76. The lowest BCUT2D eigenvalue weighted by Gasteiger charge is -2.29. The molecule has 2 rings (SSSR count). The average molecular weight is 322 g/mol. The molecule has 0 saturated carbocycles. The summed E-state index contributed by atoms with van der Waals surface area (Å²) >= 11 is 5.16. The Morgan fingerprint density at radius 1 is 1.45 bits per heavy atom. The molecule has 7 heteroatoms. The van der Waals surface area contributed by atoms with Crippen LogP contribution in [0, 0.1) is 0 Å². The largest absolute Gasteiger partial charge is 0.504 e. The normalized spacial score (nSPS) is 17.6. The topological polar surface area (TPSA) is 79.8 Å². The summed E-state index contributed by atoms with van der Waals surface area (Å²) in [5.41, 5.74) is 1.81. The third-order valence-electron chi connectivity index (χ3n) is 3.29. The molecule has 0 saturated heterocycles. The molecule has 0 amide bonds. The fraction of sp³-hybridized carbons (Fsp3) is 0.333. The first kappa shape index (κ1) is 16.1. The number of phenols is 1. The molecule has 0 aromatic heterocycles. The summed E-state index contributed by atoms with van der Waals surface area (Å²) in [4.78, 5) is 12.1. The van der Waals surface area contributed by atoms with Gasteiger partial charge in [0.2, 0.25) is 0 Å². The van der Waals surface area contributed by atoms with Gasteiger partial charge in [0.1, 0.15) is 0 Å². The van der Waals surface area contributed by atoms with E-state index in [1.165, 1.54) is 13.2 Å². The minimum Gasteiger partial charge on any atom is -0.504 e. The van der Waals surface area contributed by atoms with E-state index < -0.39 is 12.0 Å². The summed E-state index contributed by atoms with van der Waals surface area (Å²) in [6.07, 6.45) is 0. The fourth-order valence-corrected chi connectivity index (χ4v) is 2.58. The van der Waals surface area contributed by atoms with Crippen molar-refractivity contribution >= 4 is 23.3 Å². The van der Waals surface area contributed by atoms with Crippen LogP contribution in [-0.4, -0.2) is 29.9 Å². The summed E-state index contributed by atoms with van der Waals surface area (Å²) in [6.45, 7) is 4.01. The summed E-state index contributed by atoms with van der Waals surface area (Å²) < 4.78 is 10.2. The number of phenolic OH excluding ortho intramolecular Hbond substituents is 1. The molecular weight excluding hydrogens is 304 g/mol. The highest BCUT2D eigenvalue weighted by molar-refractivity contribution is 7.80. The van der Waals surface area contributed by atoms with Gasteiger partial charge in [-0.2, -0.15) is 0 Å². The molecule has 1 aromatic rings. The Labute approximate surface area is 134 Å². The van der Waals surface area contributed by atoms with Gasteiger partial charge < -0.3 is 25.2 Å². The quantitative estimate of drug-likeness (QED) is 0.576. The Hall–Kier alpha value is -2.28. The molecule has 1 aromatic carbocycles. The second-order valence-corrected chi connectivity index (χ2v) is 5.13. The highest BCUT2D eigenvalue weighted by Crippen LogP contribution is 2.33. The smallest absolute Gasteiger partial charge is 0.337 e. The van der Waals surface area contributed by atoms with Crippen molar-refractivity contribution in [3.63, 3.8) is 0 Å². The number of methoxy groups -OCH3 is 1. The number of hydrogen-bond donors (Lipinski definition) is 3. The second kappa shape index (κ2) is 6.65. The van der Waals surface area contributed by atoms with Crippen LogP contribution in [0.1, 0.15) is 25.5 Å². The summed E-state index contributed by atoms with van der Waals surface area (Å²) in [7, 11) is 1.33. The van der Waals surface area contributed by atoms with Crippen LogP contribution in [0.3, 0.4) is 0 Å². The van der Waals surface area contributed by atoms with Gasteiger partial charge in [0.05, 0.1) is 25.3 Å². The first-order valence-electron chi connectivity index (χ1n) is 6.80. The molecule has 1 aliphatic heterocycles. The Morgan fingerprint density at radius 3 is 2.82 bits per heavy atom. The van der Waals surface area contributed by atoms with Crippen LogP contribution in [0.5, 0.6) is 11.5 Å². The van der Waals surface area contributed by atoms with E-state index in [2.05, 4.69) is 10.6 Å². The number of thiocarbonyl (C=S) groups is 1. The Balaban J connectivity index is 2.48. The van der Waals surface area contributed by atoms with Gasteiger partial charge in [-0.1, -0.05) is 6.07 Å². The zero-order valence-corrected chi connectivity index (χ0v) is 13.4. The third kappa shape index (κ3) is 3.14. The van der Waals surface area contributed by atoms with E-state index in [4.69, 9.17) is 21.7 Å². The minimum atomic E-state index is -0.471. The van der Waals surface area contributed by atoms with E-state index in [9.17, 15) is 9.90 Å². The van der Waals surface area contributed by atoms with E-state index in [1.54, 1.807) is 19.1 Å². The summed E-state index contributed by atoms with van der Waals surface area (Å²) in [5.74, 6) is -0.0495. The minimum absolute atomic E-state index is 0.0439. The number of rotatable bonds is 4. The van der Waals surface area contributed by atoms with E-state index in [0.717, 1.165) is 5.56 Å². The summed E-state index contributed by atoms with van der Waals surface area (Å²) in [5, 5.41) is 16.2. The standard InChI is InChI=1S/C15H18N2O4S/c1-4-21-11-7-9(5-6-10(11)18)13-12(14(19)20-3)8(2)16-15(22)17-13/h5-7,13,18H,4H2,1-3H3,(H2,16,17,22). The lowest BCUT2D eigenvalue weighted by molar-refractivity contribution is -0.136. The zero-order chi connectivity index (χ0) is 16.3. The van der Waals surface area contributed by atoms with Gasteiger partial charge in [-0.25, -0.2) is 4.79 Å². The van der Waals surface area contributed by atoms with Crippen LogP contribution >= 0.6 is 12.2 Å². The van der Waals surface area contributed by atoms with Gasteiger partial charge >= 0.3 is 5.97 Å². The van der Waals surface area contributed by atoms with Crippen LogP contribution in [0.15, 0.2) is 29.5 Å². The van der Waals surface area contributed by atoms with Crippen molar-refractivity contribution in [2.24, 2.45) is 0 Å². The number of benzene rings is 1. The zero-order valence-electron chi connectivity index (χ0n) is 12.6. The van der Waals surface area contributed by atoms with Gasteiger partial charge in [0.15, 0.2) is 16.6 Å². The fourth-order valence-electron chi connectivity index (χ4n) is 2.31. The molecule has 1 aliphatic rings. The Bertz CT molecular complexity index is 642. The van der Waals surface area contributed by atoms with Crippen molar-refractivity contribution < 1.29 is 19.4 Å². The monoisotopic (exact) mass is 322 g/mol. The number of esters is 1. The number of nitrogens with one attached hydrogen (secondary N) is 2. The van der Waals surface area contributed by atoms with Crippen molar-refractivity contribution in [2.75, 3.05) is 13.7 Å². The molecule has 0 bridgehead atoms. The third-order valence-corrected chi connectivity index (χ3v) is 3.51. The number of hydrogen-bond acceptors (Lipinski definition) is 5. The molecule has 6 nitrogen and oxygen atoms in total. The number of allylic oxidation sites excluding steroid dienone is 1. The Kier molecular flexibility index (Phi) is 4.87. The second-order valence-electron chi connectivity index (χ2n) is 4.72. The molecular formula is C15H18N2O4S. The first-order valence-corrected chi connectivity index (χ1v) is 7.21. The van der Waals surface area contributed by atoms with Crippen LogP contribution in [-0.2, 0) is 9.53 Å². The van der Waals surface area contributed by atoms with Crippen molar-refractivity contribution in [2.45, 2.75) is 19.9 Å². The van der Waals surface area contributed by atoms with Crippen LogP contribution in [0.4, 0.5) is 0 Å². The van der Waals surface area contributed by atoms with Crippen molar-refractivity contribution in [1.82, 2.24) is 10.6 Å². The number of carbonyl (C=O) groups excluding carboxylic acids is 1. The van der Waals surface area contributed by atoms with Crippen LogP contribution < -0.4 is 15.4 Å². The lowest BCUT2D eigenvalue weighted by atomic mass is 9.95. The highest BCUT2D eigenvalue weighted by Gasteiger charge is 2.31. The maximum absolute atomic E-state index is 12.1. The SMILES string of the molecule is CCOc1cc(C2NC(=S)NC(C)=C2C(=O)OC)ccc1O. The van der Waals surface area contributed by atoms with Crippen LogP contribution in [0.2, 0.25) is 0 Å². The predicted molar refractivity (Wildman–Crippen MR) is 85.6 cm³/mol. The van der Waals surface area contributed by atoms with Crippen molar-refractivity contribution in [3.05, 3.63) is 35.0 Å². The van der Waals surface area contributed by atoms with Crippen molar-refractivity contribution in [3.8, 4) is 11.5 Å². The van der Waals surface area contributed by atoms with Gasteiger partial charge in [-0.3, -0.25) is 0 Å². The van der Waals surface area contributed by atoms with E-state index in [-0.39, 0.29) is 5.75 Å². The maximum Gasteiger partial charge on any atom is 0.337 e. The maximum atomic E-state index is 12.1. The van der Waals surface area contributed by atoms with Crippen LogP contribution in [0.25, 0.3) is 0 Å². The van der Waals surface area contributed by atoms with Crippen molar-refractivity contribution in [1.29, 1.82) is 0 Å². The molecule has 0 fully saturated rings. The highest BCUT2D eigenvalue weighted by atomic mass is 32.1. The first-order chi connectivity index (χ1) is 10.5. The van der Waals surface area contributed by atoms with Gasteiger partial charge in [0.25, 0.3) is 0 Å². The van der Waals surface area contributed by atoms with Gasteiger partial charge in [0, 0.05) is 5.70 Å². The van der Waals surface area contributed by atoms with E-state index >= 15 is 0 Å². The molecule has 0 spiro atoms. The molecule has 3 N–H and O–H groups in total. The molecule has 22 heavy (non-hydrogen) atoms. The lowest BCUT2D eigenvalue weighted by Crippen LogP contribution is -2.45. The Morgan fingerprint density at radius 2 is 2.18 bits per heavy atom. The van der Waals surface area contributed by atoms with E-state index in [1.807, 2.05) is 6.92 Å². The number of carbonyl (C=O) groups is 1. The molecule has 1 heterocycles.